The fourth-order valence-electron chi connectivity index (χ4n) is 1.95. The second-order valence-electron chi connectivity index (χ2n) is 5.19. The van der Waals surface area contributed by atoms with Gasteiger partial charge in [-0.2, -0.15) is 0 Å². The van der Waals surface area contributed by atoms with E-state index in [-0.39, 0.29) is 5.91 Å². The number of carbonyl (C=O) groups excluding carboxylic acids is 1. The molecule has 1 aromatic carbocycles. The first-order valence-electron chi connectivity index (χ1n) is 6.75. The number of amides is 1. The number of unbranched alkanes of at least 4 members (excludes halogenated alkanes) is 1. The summed E-state index contributed by atoms with van der Waals surface area (Å²) < 4.78 is 0. The highest BCUT2D eigenvalue weighted by atomic mass is 16.1. The van der Waals surface area contributed by atoms with Crippen molar-refractivity contribution in [3.8, 4) is 0 Å². The lowest BCUT2D eigenvalue weighted by atomic mass is 10.0. The van der Waals surface area contributed by atoms with Gasteiger partial charge in [-0.1, -0.05) is 6.07 Å². The third-order valence-corrected chi connectivity index (χ3v) is 3.15. The predicted octanol–water partition coefficient (Wildman–Crippen LogP) is 1.53. The maximum atomic E-state index is 11.1. The van der Waals surface area contributed by atoms with Crippen molar-refractivity contribution in [1.29, 1.82) is 0 Å². The number of nitrogens with zero attached hydrogens (tertiary/aromatic N) is 1. The van der Waals surface area contributed by atoms with E-state index in [1.54, 1.807) is 6.07 Å². The summed E-state index contributed by atoms with van der Waals surface area (Å²) in [5, 5.41) is 3.43. The van der Waals surface area contributed by atoms with Crippen molar-refractivity contribution in [2.24, 2.45) is 5.73 Å². The molecule has 3 N–H and O–H groups in total. The van der Waals surface area contributed by atoms with Crippen molar-refractivity contribution in [1.82, 2.24) is 10.2 Å². The summed E-state index contributed by atoms with van der Waals surface area (Å²) in [6.45, 7) is 5.00. The van der Waals surface area contributed by atoms with Crippen molar-refractivity contribution in [3.63, 3.8) is 0 Å². The van der Waals surface area contributed by atoms with E-state index in [2.05, 4.69) is 24.3 Å². The van der Waals surface area contributed by atoms with Crippen LogP contribution in [0.25, 0.3) is 0 Å². The number of hydrogen-bond acceptors (Lipinski definition) is 3. The van der Waals surface area contributed by atoms with E-state index in [4.69, 9.17) is 5.73 Å². The molecule has 0 saturated heterocycles. The predicted molar refractivity (Wildman–Crippen MR) is 79.2 cm³/mol. The molecular weight excluding hydrogens is 238 g/mol. The van der Waals surface area contributed by atoms with Crippen molar-refractivity contribution in [3.05, 3.63) is 34.9 Å². The Morgan fingerprint density at radius 2 is 2.05 bits per heavy atom. The SMILES string of the molecule is Cc1cc(C(N)=O)ccc1CNCCCCN(C)C. The number of benzene rings is 1. The Morgan fingerprint density at radius 1 is 1.32 bits per heavy atom. The number of primary amides is 1. The number of hydrogen-bond donors (Lipinski definition) is 2. The van der Waals surface area contributed by atoms with Crippen molar-refractivity contribution in [2.75, 3.05) is 27.2 Å². The van der Waals surface area contributed by atoms with Gasteiger partial charge in [-0.15, -0.1) is 0 Å². The molecule has 0 radical (unpaired) electrons. The van der Waals surface area contributed by atoms with Gasteiger partial charge in [0.25, 0.3) is 0 Å². The number of nitrogens with two attached hydrogens (primary N) is 1. The molecule has 0 aliphatic carbocycles. The Kier molecular flexibility index (Phi) is 6.53. The second-order valence-corrected chi connectivity index (χ2v) is 5.19. The maximum Gasteiger partial charge on any atom is 0.248 e. The van der Waals surface area contributed by atoms with Crippen LogP contribution < -0.4 is 11.1 Å². The van der Waals surface area contributed by atoms with Gasteiger partial charge < -0.3 is 16.0 Å². The molecule has 0 aromatic heterocycles. The Balaban J connectivity index is 2.32. The molecule has 1 amide bonds. The van der Waals surface area contributed by atoms with Crippen LogP contribution in [-0.2, 0) is 6.54 Å². The smallest absolute Gasteiger partial charge is 0.248 e. The van der Waals surface area contributed by atoms with Gasteiger partial charge in [0.1, 0.15) is 0 Å². The normalized spacial score (nSPS) is 10.9. The third kappa shape index (κ3) is 5.85. The van der Waals surface area contributed by atoms with Crippen LogP contribution in [0.4, 0.5) is 0 Å². The molecule has 0 unspecified atom stereocenters. The molecule has 106 valence electrons. The summed E-state index contributed by atoms with van der Waals surface area (Å²) in [5.41, 5.74) is 8.16. The Labute approximate surface area is 116 Å². The molecule has 0 fully saturated rings. The van der Waals surface area contributed by atoms with Crippen LogP contribution in [0.2, 0.25) is 0 Å². The molecule has 4 heteroatoms. The lowest BCUT2D eigenvalue weighted by molar-refractivity contribution is 0.1000. The average molecular weight is 263 g/mol. The van der Waals surface area contributed by atoms with Crippen molar-refractivity contribution in [2.45, 2.75) is 26.3 Å². The quantitative estimate of drug-likeness (QED) is 0.699. The molecular formula is C15H25N3O. The summed E-state index contributed by atoms with van der Waals surface area (Å²) >= 11 is 0. The third-order valence-electron chi connectivity index (χ3n) is 3.15. The number of rotatable bonds is 8. The fourth-order valence-corrected chi connectivity index (χ4v) is 1.95. The Hall–Kier alpha value is -1.39. The van der Waals surface area contributed by atoms with Gasteiger partial charge in [0.05, 0.1) is 0 Å². The maximum absolute atomic E-state index is 11.1. The molecule has 1 aromatic rings. The number of carbonyl (C=O) groups is 1. The lowest BCUT2D eigenvalue weighted by Crippen LogP contribution is -2.18. The first kappa shape index (κ1) is 15.7. The van der Waals surface area contributed by atoms with Crippen LogP contribution in [0.5, 0.6) is 0 Å². The molecule has 19 heavy (non-hydrogen) atoms. The monoisotopic (exact) mass is 263 g/mol. The summed E-state index contributed by atoms with van der Waals surface area (Å²) in [7, 11) is 4.19. The first-order valence-corrected chi connectivity index (χ1v) is 6.75. The van der Waals surface area contributed by atoms with Crippen molar-refractivity contribution >= 4 is 5.91 Å². The van der Waals surface area contributed by atoms with Gasteiger partial charge in [0.2, 0.25) is 5.91 Å². The van der Waals surface area contributed by atoms with E-state index in [0.29, 0.717) is 5.56 Å². The molecule has 0 bridgehead atoms. The molecule has 0 spiro atoms. The van der Waals surface area contributed by atoms with Gasteiger partial charge in [-0.25, -0.2) is 0 Å². The highest BCUT2D eigenvalue weighted by Gasteiger charge is 2.03. The molecule has 1 rings (SSSR count). The van der Waals surface area contributed by atoms with Gasteiger partial charge >= 0.3 is 0 Å². The Morgan fingerprint density at radius 3 is 2.63 bits per heavy atom. The molecule has 0 aliphatic heterocycles. The zero-order valence-electron chi connectivity index (χ0n) is 12.2. The highest BCUT2D eigenvalue weighted by Crippen LogP contribution is 2.10. The van der Waals surface area contributed by atoms with E-state index < -0.39 is 0 Å². The molecule has 0 atom stereocenters. The fraction of sp³-hybridized carbons (Fsp3) is 0.533. The van der Waals surface area contributed by atoms with Crippen molar-refractivity contribution < 1.29 is 4.79 Å². The minimum absolute atomic E-state index is 0.369. The van der Waals surface area contributed by atoms with Gasteiger partial charge in [-0.05, 0) is 70.2 Å². The number of aryl methyl sites for hydroxylation is 1. The largest absolute Gasteiger partial charge is 0.366 e. The first-order chi connectivity index (χ1) is 9.00. The van der Waals surface area contributed by atoms with Crippen LogP contribution in [-0.4, -0.2) is 38.0 Å². The van der Waals surface area contributed by atoms with Gasteiger partial charge in [0.15, 0.2) is 0 Å². The molecule has 0 aliphatic rings. The summed E-state index contributed by atoms with van der Waals surface area (Å²) in [6.07, 6.45) is 2.39. The Bertz CT molecular complexity index is 416. The van der Waals surface area contributed by atoms with Crippen LogP contribution >= 0.6 is 0 Å². The molecule has 0 heterocycles. The highest BCUT2D eigenvalue weighted by molar-refractivity contribution is 5.93. The van der Waals surface area contributed by atoms with E-state index in [0.717, 1.165) is 25.2 Å². The van der Waals surface area contributed by atoms with Gasteiger partial charge in [-0.3, -0.25) is 4.79 Å². The molecule has 0 saturated carbocycles. The van der Waals surface area contributed by atoms with Crippen LogP contribution in [0.15, 0.2) is 18.2 Å². The average Bonchev–Trinajstić information content (AvgIpc) is 2.34. The minimum atomic E-state index is -0.369. The van der Waals surface area contributed by atoms with Gasteiger partial charge in [0, 0.05) is 12.1 Å². The summed E-state index contributed by atoms with van der Waals surface area (Å²) in [6, 6.07) is 5.62. The topological polar surface area (TPSA) is 58.4 Å². The minimum Gasteiger partial charge on any atom is -0.366 e. The second kappa shape index (κ2) is 7.92. The lowest BCUT2D eigenvalue weighted by Gasteiger charge is -2.11. The van der Waals surface area contributed by atoms with E-state index >= 15 is 0 Å². The standard InChI is InChI=1S/C15H25N3O/c1-12-10-13(15(16)19)6-7-14(12)11-17-8-4-5-9-18(2)3/h6-7,10,17H,4-5,8-9,11H2,1-3H3,(H2,16,19). The van der Waals surface area contributed by atoms with E-state index in [1.807, 2.05) is 19.1 Å². The zero-order chi connectivity index (χ0) is 14.3. The van der Waals surface area contributed by atoms with E-state index in [9.17, 15) is 4.79 Å². The summed E-state index contributed by atoms with van der Waals surface area (Å²) in [5.74, 6) is -0.369. The van der Waals surface area contributed by atoms with Crippen LogP contribution in [0.3, 0.4) is 0 Å². The molecule has 4 nitrogen and oxygen atoms in total. The zero-order valence-corrected chi connectivity index (χ0v) is 12.2. The summed E-state index contributed by atoms with van der Waals surface area (Å²) in [4.78, 5) is 13.3. The van der Waals surface area contributed by atoms with Crippen LogP contribution in [0, 0.1) is 6.92 Å². The van der Waals surface area contributed by atoms with Crippen LogP contribution in [0.1, 0.15) is 34.3 Å². The number of nitrogens with one attached hydrogen (secondary N) is 1. The van der Waals surface area contributed by atoms with E-state index in [1.165, 1.54) is 18.4 Å².